The maximum absolute atomic E-state index is 14.5. The lowest BCUT2D eigenvalue weighted by molar-refractivity contribution is -0.156. The lowest BCUT2D eigenvalue weighted by Crippen LogP contribution is -2.61. The van der Waals surface area contributed by atoms with E-state index in [9.17, 15) is 48.9 Å². The molecule has 3 aromatic carbocycles. The molecule has 18 heteroatoms. The maximum atomic E-state index is 14.5. The van der Waals surface area contributed by atoms with Gasteiger partial charge in [-0.05, 0) is 66.8 Å². The molecular weight excluding hydrogens is 841 g/mol. The van der Waals surface area contributed by atoms with Gasteiger partial charge in [0.2, 0.25) is 23.6 Å². The number of carbonyl (C=O) groups is 7. The second kappa shape index (κ2) is 22.1. The average Bonchev–Trinajstić information content (AvgIpc) is 3.96. The number of rotatable bonds is 16. The zero-order chi connectivity index (χ0) is 46.6. The Bertz CT molecular complexity index is 2340. The second-order valence-corrected chi connectivity index (χ2v) is 16.5. The molecule has 8 atom stereocenters. The zero-order valence-electron chi connectivity index (χ0n) is 36.2. The third-order valence-electron chi connectivity index (χ3n) is 11.5. The van der Waals surface area contributed by atoms with E-state index in [1.807, 2.05) is 0 Å². The number of phenols is 2. The van der Waals surface area contributed by atoms with Crippen LogP contribution < -0.4 is 26.6 Å². The Morgan fingerprint density at radius 1 is 0.723 bits per heavy atom. The SMILES string of the molecule is CCCCCCCC1OC1C(=O)NC1C(=O)NC(Cc2ccccc2)C(=O)NC(CCC(=O)O)C(=O)N[C@@H](Cc2c[nH]c3ccc(O)cc23)C(=O)NC(c2ccc(O)cc2)C(=O)O[C@@H]1C. The summed E-state index contributed by atoms with van der Waals surface area (Å²) in [5.74, 6) is -6.90. The van der Waals surface area contributed by atoms with Crippen molar-refractivity contribution in [3.05, 3.63) is 95.7 Å². The molecular formula is C47H56N6O12. The number of benzene rings is 3. The molecule has 4 aromatic rings. The fraction of sp³-hybridized carbons (Fsp3) is 0.426. The number of aromatic amines is 1. The molecule has 3 heterocycles. The monoisotopic (exact) mass is 896 g/mol. The number of hydrogen-bond donors (Lipinski definition) is 9. The highest BCUT2D eigenvalue weighted by Crippen LogP contribution is 2.29. The first-order chi connectivity index (χ1) is 31.2. The number of cyclic esters (lactones) is 1. The highest BCUT2D eigenvalue weighted by atomic mass is 16.6. The van der Waals surface area contributed by atoms with Gasteiger partial charge >= 0.3 is 11.9 Å². The minimum Gasteiger partial charge on any atom is -0.508 e. The number of phenolic OH excluding ortho intramolecular Hbond substituents is 2. The van der Waals surface area contributed by atoms with E-state index in [0.717, 1.165) is 32.1 Å². The fourth-order valence-electron chi connectivity index (χ4n) is 7.85. The van der Waals surface area contributed by atoms with Gasteiger partial charge in [0, 0.05) is 36.4 Å². The molecule has 0 bridgehead atoms. The van der Waals surface area contributed by atoms with Crippen LogP contribution in [-0.2, 0) is 55.9 Å². The van der Waals surface area contributed by atoms with Gasteiger partial charge in [0.25, 0.3) is 5.91 Å². The van der Waals surface area contributed by atoms with E-state index in [1.54, 1.807) is 42.6 Å². The van der Waals surface area contributed by atoms with E-state index in [4.69, 9.17) is 9.47 Å². The molecule has 2 aliphatic rings. The van der Waals surface area contributed by atoms with E-state index in [0.29, 0.717) is 28.5 Å². The van der Waals surface area contributed by atoms with Gasteiger partial charge in [0.1, 0.15) is 41.8 Å². The second-order valence-electron chi connectivity index (χ2n) is 16.5. The third-order valence-corrected chi connectivity index (χ3v) is 11.5. The number of carboxylic acids is 1. The number of hydrogen-bond acceptors (Lipinski definition) is 11. The van der Waals surface area contributed by atoms with Crippen LogP contribution >= 0.6 is 0 Å². The van der Waals surface area contributed by atoms with E-state index in [-0.39, 0.29) is 36.0 Å². The van der Waals surface area contributed by atoms with E-state index < -0.39 is 96.7 Å². The van der Waals surface area contributed by atoms with Crippen molar-refractivity contribution >= 4 is 52.4 Å². The number of nitrogens with one attached hydrogen (secondary N) is 6. The lowest BCUT2D eigenvalue weighted by atomic mass is 10.0. The first-order valence-electron chi connectivity index (χ1n) is 21.9. The molecule has 18 nitrogen and oxygen atoms in total. The zero-order valence-corrected chi connectivity index (χ0v) is 36.2. The molecule has 5 amide bonds. The van der Waals surface area contributed by atoms with Crippen molar-refractivity contribution in [2.24, 2.45) is 0 Å². The Morgan fingerprint density at radius 3 is 2.09 bits per heavy atom. The fourth-order valence-corrected chi connectivity index (χ4v) is 7.85. The van der Waals surface area contributed by atoms with Crippen molar-refractivity contribution in [2.45, 2.75) is 127 Å². The van der Waals surface area contributed by atoms with Crippen molar-refractivity contribution in [2.75, 3.05) is 0 Å². The molecule has 346 valence electrons. The van der Waals surface area contributed by atoms with Crippen molar-refractivity contribution < 1.29 is 58.4 Å². The predicted octanol–water partition coefficient (Wildman–Crippen LogP) is 3.10. The summed E-state index contributed by atoms with van der Waals surface area (Å²) in [5.41, 5.74) is 1.81. The van der Waals surface area contributed by atoms with E-state index in [2.05, 4.69) is 38.5 Å². The van der Waals surface area contributed by atoms with Crippen molar-refractivity contribution in [3.8, 4) is 11.5 Å². The Hall–Kier alpha value is -6.95. The average molecular weight is 897 g/mol. The van der Waals surface area contributed by atoms with Crippen molar-refractivity contribution in [1.82, 2.24) is 31.6 Å². The minimum absolute atomic E-state index is 0.0699. The molecule has 2 fully saturated rings. The highest BCUT2D eigenvalue weighted by molar-refractivity contribution is 5.98. The largest absolute Gasteiger partial charge is 0.508 e. The summed E-state index contributed by atoms with van der Waals surface area (Å²) in [5, 5.41) is 43.7. The smallest absolute Gasteiger partial charge is 0.333 e. The molecule has 9 N–H and O–H groups in total. The molecule has 6 rings (SSSR count). The third kappa shape index (κ3) is 13.1. The Kier molecular flexibility index (Phi) is 16.2. The number of esters is 1. The van der Waals surface area contributed by atoms with Gasteiger partial charge in [-0.25, -0.2) is 4.79 Å². The van der Waals surface area contributed by atoms with Crippen molar-refractivity contribution in [3.63, 3.8) is 0 Å². The van der Waals surface area contributed by atoms with Crippen LogP contribution in [-0.4, -0.2) is 104 Å². The number of carboxylic acid groups (broad SMARTS) is 1. The molecule has 0 radical (unpaired) electrons. The van der Waals surface area contributed by atoms with E-state index >= 15 is 0 Å². The maximum Gasteiger partial charge on any atom is 0.333 e. The van der Waals surface area contributed by atoms with E-state index in [1.165, 1.54) is 43.3 Å². The Labute approximate surface area is 375 Å². The summed E-state index contributed by atoms with van der Waals surface area (Å²) in [6.45, 7) is 3.48. The quantitative estimate of drug-likeness (QED) is 0.0446. The van der Waals surface area contributed by atoms with Crippen LogP contribution in [0, 0.1) is 0 Å². The number of carbonyl (C=O) groups excluding carboxylic acids is 6. The summed E-state index contributed by atoms with van der Waals surface area (Å²) < 4.78 is 11.6. The van der Waals surface area contributed by atoms with Crippen LogP contribution in [0.5, 0.6) is 11.5 Å². The first-order valence-corrected chi connectivity index (χ1v) is 21.9. The number of aromatic nitrogens is 1. The summed E-state index contributed by atoms with van der Waals surface area (Å²) in [6.07, 6.45) is 3.20. The van der Waals surface area contributed by atoms with Gasteiger partial charge < -0.3 is 56.4 Å². The molecule has 1 aromatic heterocycles. The molecule has 0 spiro atoms. The van der Waals surface area contributed by atoms with Crippen LogP contribution in [0.1, 0.15) is 87.9 Å². The van der Waals surface area contributed by atoms with Gasteiger partial charge in [-0.1, -0.05) is 81.5 Å². The number of epoxide rings is 1. The van der Waals surface area contributed by atoms with Crippen molar-refractivity contribution in [1.29, 1.82) is 0 Å². The van der Waals surface area contributed by atoms with Gasteiger partial charge in [-0.15, -0.1) is 0 Å². The summed E-state index contributed by atoms with van der Waals surface area (Å²) >= 11 is 0. The number of H-pyrrole nitrogens is 1. The minimum atomic E-state index is -1.62. The number of aliphatic carboxylic acids is 1. The highest BCUT2D eigenvalue weighted by Gasteiger charge is 2.46. The Morgan fingerprint density at radius 2 is 1.37 bits per heavy atom. The van der Waals surface area contributed by atoms with Gasteiger partial charge in [-0.3, -0.25) is 28.8 Å². The molecule has 0 aliphatic carbocycles. The number of ether oxygens (including phenoxy) is 2. The number of amides is 5. The summed E-state index contributed by atoms with van der Waals surface area (Å²) in [6, 6.07) is 10.8. The Balaban J connectivity index is 1.38. The number of fused-ring (bicyclic) bond motifs is 1. The number of unbranched alkanes of at least 4 members (excludes halogenated alkanes) is 4. The van der Waals surface area contributed by atoms with Crippen LogP contribution in [0.3, 0.4) is 0 Å². The van der Waals surface area contributed by atoms with Crippen LogP contribution in [0.15, 0.2) is 79.0 Å². The van der Waals surface area contributed by atoms with Gasteiger partial charge in [0.15, 0.2) is 12.1 Å². The topological polar surface area (TPSA) is 278 Å². The number of aromatic hydroxyl groups is 2. The molecule has 0 saturated carbocycles. The molecule has 65 heavy (non-hydrogen) atoms. The first kappa shape index (κ1) is 47.5. The summed E-state index contributed by atoms with van der Waals surface area (Å²) in [7, 11) is 0. The van der Waals surface area contributed by atoms with Gasteiger partial charge in [-0.2, -0.15) is 0 Å². The van der Waals surface area contributed by atoms with Gasteiger partial charge in [0.05, 0.1) is 6.10 Å². The summed E-state index contributed by atoms with van der Waals surface area (Å²) in [4.78, 5) is 100. The standard InChI is InChI=1S/C47H56N6O12/c1-3-4-5-6-10-13-37-41(65-37)46(62)52-39-26(2)64-47(63)40(28-14-16-30(54)17-15-28)53-44(60)36(23-29-25-48-33-19-18-31(55)24-32(29)33)50-42(58)34(20-21-38(56)57)49-43(59)35(51-45(39)61)22-27-11-8-7-9-12-27/h7-9,11-12,14-19,24-26,34-37,39-41,48,54-55H,3-6,10,13,20-23H2,1-2H3,(H,49,59)(H,50,58)(H,51,61)(H,52,62)(H,53,60)(H,56,57)/t26-,34?,35?,36+,37?,39?,40?,41?/m1/s1. The van der Waals surface area contributed by atoms with Crippen LogP contribution in [0.25, 0.3) is 10.9 Å². The van der Waals surface area contributed by atoms with Crippen LogP contribution in [0.2, 0.25) is 0 Å². The van der Waals surface area contributed by atoms with Crippen LogP contribution in [0.4, 0.5) is 0 Å². The molecule has 2 saturated heterocycles. The predicted molar refractivity (Wildman–Crippen MR) is 235 cm³/mol. The molecule has 2 aliphatic heterocycles. The lowest BCUT2D eigenvalue weighted by Gasteiger charge is -2.30. The molecule has 6 unspecified atom stereocenters. The normalized spacial score (nSPS) is 24.2.